The highest BCUT2D eigenvalue weighted by atomic mass is 35.5. The first-order valence-electron chi connectivity index (χ1n) is 16.1. The number of methoxy groups -OCH3 is 2. The van der Waals surface area contributed by atoms with Gasteiger partial charge < -0.3 is 25.4 Å². The summed E-state index contributed by atoms with van der Waals surface area (Å²) in [6.45, 7) is 4.73. The highest BCUT2D eigenvalue weighted by Crippen LogP contribution is 2.42. The van der Waals surface area contributed by atoms with E-state index >= 15 is 0 Å². The van der Waals surface area contributed by atoms with Crippen LogP contribution in [-0.2, 0) is 22.7 Å². The molecule has 2 aromatic heterocycles. The third-order valence-corrected chi connectivity index (χ3v) is 9.48. The van der Waals surface area contributed by atoms with Crippen molar-refractivity contribution in [2.75, 3.05) is 33.9 Å². The lowest BCUT2D eigenvalue weighted by molar-refractivity contribution is -0.120. The van der Waals surface area contributed by atoms with E-state index in [0.717, 1.165) is 37.1 Å². The number of ether oxygens (including phenoxy) is 2. The zero-order valence-corrected chi connectivity index (χ0v) is 29.1. The number of halogens is 2. The molecule has 2 aromatic carbocycles. The number of hydrogen-bond donors (Lipinski definition) is 3. The van der Waals surface area contributed by atoms with Gasteiger partial charge in [0.1, 0.15) is 11.4 Å². The first-order valence-corrected chi connectivity index (χ1v) is 16.9. The van der Waals surface area contributed by atoms with E-state index in [0.29, 0.717) is 81.8 Å². The van der Waals surface area contributed by atoms with Crippen molar-refractivity contribution >= 4 is 35.0 Å². The van der Waals surface area contributed by atoms with Crippen molar-refractivity contribution in [2.45, 2.75) is 51.4 Å². The molecule has 0 aliphatic carbocycles. The summed E-state index contributed by atoms with van der Waals surface area (Å²) in [5.41, 5.74) is 5.26. The van der Waals surface area contributed by atoms with Gasteiger partial charge in [0.15, 0.2) is 0 Å². The third-order valence-electron chi connectivity index (χ3n) is 8.67. The largest absolute Gasteiger partial charge is 0.480 e. The van der Waals surface area contributed by atoms with Crippen LogP contribution in [0.15, 0.2) is 48.8 Å². The van der Waals surface area contributed by atoms with Crippen molar-refractivity contribution in [3.8, 4) is 45.4 Å². The van der Waals surface area contributed by atoms with Gasteiger partial charge in [0.05, 0.1) is 48.0 Å². The van der Waals surface area contributed by atoms with Gasteiger partial charge in [-0.05, 0) is 12.8 Å². The van der Waals surface area contributed by atoms with E-state index in [4.69, 9.17) is 47.6 Å². The topological polar surface area (TPSA) is 143 Å². The van der Waals surface area contributed by atoms with Gasteiger partial charge in [-0.3, -0.25) is 24.5 Å². The van der Waals surface area contributed by atoms with E-state index < -0.39 is 0 Å². The highest BCUT2D eigenvalue weighted by molar-refractivity contribution is 6.39. The number of likely N-dealkylation sites (tertiary alicyclic amines) is 1. The Morgan fingerprint density at radius 1 is 0.918 bits per heavy atom. The molecule has 2 aliphatic rings. The van der Waals surface area contributed by atoms with E-state index in [1.54, 1.807) is 26.6 Å². The normalized spacial score (nSPS) is 17.6. The third kappa shape index (κ3) is 7.94. The van der Waals surface area contributed by atoms with Gasteiger partial charge in [0.25, 0.3) is 0 Å². The second-order valence-electron chi connectivity index (χ2n) is 12.1. The summed E-state index contributed by atoms with van der Waals surface area (Å²) in [7, 11) is 3.13. The fourth-order valence-corrected chi connectivity index (χ4v) is 6.92. The summed E-state index contributed by atoms with van der Waals surface area (Å²) in [4.78, 5) is 44.0. The van der Waals surface area contributed by atoms with Gasteiger partial charge in [-0.15, -0.1) is 0 Å². The molecular weight excluding hydrogens is 667 g/mol. The number of carbonyl (C=O) groups excluding carboxylic acids is 2. The van der Waals surface area contributed by atoms with E-state index in [-0.39, 0.29) is 23.9 Å². The SMILES string of the molecule is COc1nc(-c2cccc(-c3cccc(-c4cnc(CN5CC[C@H](NC(C)=O)C5)c(OC)n4)c3Cl)c2Cl)cnc1CNC[C@H]1CCC(=O)N1. The fraction of sp³-hybridized carbons (Fsp3) is 0.371. The Hall–Kier alpha value is -4.36. The molecule has 3 N–H and O–H groups in total. The molecule has 0 radical (unpaired) electrons. The van der Waals surface area contributed by atoms with Gasteiger partial charge in [0.2, 0.25) is 23.6 Å². The minimum atomic E-state index is -0.0266. The lowest BCUT2D eigenvalue weighted by Gasteiger charge is -2.18. The average molecular weight is 706 g/mol. The average Bonchev–Trinajstić information content (AvgIpc) is 3.72. The van der Waals surface area contributed by atoms with Crippen LogP contribution >= 0.6 is 23.2 Å². The highest BCUT2D eigenvalue weighted by Gasteiger charge is 2.25. The molecule has 256 valence electrons. The fourth-order valence-electron chi connectivity index (χ4n) is 6.27. The van der Waals surface area contributed by atoms with Crippen molar-refractivity contribution in [3.63, 3.8) is 0 Å². The Kier molecular flexibility index (Phi) is 10.9. The molecule has 0 bridgehead atoms. The number of benzene rings is 2. The molecule has 12 nitrogen and oxygen atoms in total. The zero-order chi connectivity index (χ0) is 34.5. The molecule has 0 spiro atoms. The number of rotatable bonds is 12. The Morgan fingerprint density at radius 3 is 2.08 bits per heavy atom. The summed E-state index contributed by atoms with van der Waals surface area (Å²) in [5, 5.41) is 10.2. The van der Waals surface area contributed by atoms with Crippen LogP contribution in [-0.4, -0.2) is 82.6 Å². The summed E-state index contributed by atoms with van der Waals surface area (Å²) in [5.74, 6) is 0.854. The molecule has 2 saturated heterocycles. The van der Waals surface area contributed by atoms with Gasteiger partial charge in [-0.25, -0.2) is 9.97 Å². The maximum Gasteiger partial charge on any atom is 0.237 e. The lowest BCUT2D eigenvalue weighted by Crippen LogP contribution is -2.35. The minimum absolute atomic E-state index is 0.0266. The van der Waals surface area contributed by atoms with Crippen molar-refractivity contribution < 1.29 is 19.1 Å². The van der Waals surface area contributed by atoms with E-state index in [2.05, 4.69) is 25.8 Å². The Labute approximate surface area is 295 Å². The summed E-state index contributed by atoms with van der Waals surface area (Å²) in [6.07, 6.45) is 5.62. The van der Waals surface area contributed by atoms with Crippen LogP contribution in [0, 0.1) is 0 Å². The standard InChI is InChI=1S/C35H38Cl2N8O4/c1-20(46)41-22-12-13-45(18-22)19-30-35(49-3)44-28(17-40-30)26-9-5-7-24(33(26)37)23-6-4-8-25(32(23)36)27-16-39-29(34(43-27)48-2)15-38-14-21-10-11-31(47)42-21/h4-9,16-17,21-22,38H,10-15,18-19H2,1-3H3,(H,41,46)(H,42,47)/t21-,22+/m1/s1. The van der Waals surface area contributed by atoms with Crippen LogP contribution in [0.25, 0.3) is 33.6 Å². The number of carbonyl (C=O) groups is 2. The lowest BCUT2D eigenvalue weighted by atomic mass is 9.98. The monoisotopic (exact) mass is 704 g/mol. The van der Waals surface area contributed by atoms with Crippen molar-refractivity contribution in [2.24, 2.45) is 0 Å². The predicted octanol–water partition coefficient (Wildman–Crippen LogP) is 4.67. The molecule has 14 heteroatoms. The van der Waals surface area contributed by atoms with Crippen molar-refractivity contribution in [3.05, 3.63) is 70.2 Å². The Balaban J connectivity index is 1.21. The Morgan fingerprint density at radius 2 is 1.51 bits per heavy atom. The molecule has 0 saturated carbocycles. The van der Waals surface area contributed by atoms with Gasteiger partial charge in [-0.1, -0.05) is 59.6 Å². The first-order chi connectivity index (χ1) is 23.7. The number of aromatic nitrogens is 4. The second-order valence-corrected chi connectivity index (χ2v) is 12.9. The first kappa shape index (κ1) is 34.5. The van der Waals surface area contributed by atoms with E-state index in [1.165, 1.54) is 6.92 Å². The van der Waals surface area contributed by atoms with Crippen molar-refractivity contribution in [1.82, 2.24) is 40.8 Å². The number of hydrogen-bond acceptors (Lipinski definition) is 10. The second kappa shape index (κ2) is 15.5. The van der Waals surface area contributed by atoms with Gasteiger partial charge in [-0.2, -0.15) is 0 Å². The minimum Gasteiger partial charge on any atom is -0.480 e. The molecule has 6 rings (SSSR count). The molecule has 49 heavy (non-hydrogen) atoms. The number of nitrogens with zero attached hydrogens (tertiary/aromatic N) is 5. The maximum absolute atomic E-state index is 11.5. The quantitative estimate of drug-likeness (QED) is 0.190. The molecule has 4 heterocycles. The van der Waals surface area contributed by atoms with Crippen LogP contribution in [0.1, 0.15) is 37.6 Å². The predicted molar refractivity (Wildman–Crippen MR) is 187 cm³/mol. The smallest absolute Gasteiger partial charge is 0.237 e. The zero-order valence-electron chi connectivity index (χ0n) is 27.6. The van der Waals surface area contributed by atoms with Gasteiger partial charge in [0, 0.05) is 80.4 Å². The van der Waals surface area contributed by atoms with Crippen LogP contribution < -0.4 is 25.4 Å². The van der Waals surface area contributed by atoms with Crippen LogP contribution in [0.5, 0.6) is 11.8 Å². The van der Waals surface area contributed by atoms with Crippen LogP contribution in [0.2, 0.25) is 10.0 Å². The molecule has 2 aliphatic heterocycles. The molecule has 2 fully saturated rings. The number of nitrogens with one attached hydrogen (secondary N) is 3. The molecule has 2 atom stereocenters. The maximum atomic E-state index is 11.5. The molecule has 0 unspecified atom stereocenters. The number of amides is 2. The van der Waals surface area contributed by atoms with E-state index in [1.807, 2.05) is 36.4 Å². The summed E-state index contributed by atoms with van der Waals surface area (Å²) >= 11 is 14.1. The van der Waals surface area contributed by atoms with Gasteiger partial charge >= 0.3 is 0 Å². The molecule has 2 amide bonds. The van der Waals surface area contributed by atoms with E-state index in [9.17, 15) is 9.59 Å². The van der Waals surface area contributed by atoms with Crippen molar-refractivity contribution in [1.29, 1.82) is 0 Å². The molecular formula is C35H38Cl2N8O4. The van der Waals surface area contributed by atoms with Crippen LogP contribution in [0.3, 0.4) is 0 Å². The van der Waals surface area contributed by atoms with Crippen LogP contribution in [0.4, 0.5) is 0 Å². The molecule has 4 aromatic rings. The summed E-state index contributed by atoms with van der Waals surface area (Å²) < 4.78 is 11.2. The summed E-state index contributed by atoms with van der Waals surface area (Å²) in [6, 6.07) is 11.6. The Bertz CT molecular complexity index is 1860.